The Hall–Kier alpha value is -1.13. The van der Waals surface area contributed by atoms with Crippen LogP contribution in [0.25, 0.3) is 0 Å². The summed E-state index contributed by atoms with van der Waals surface area (Å²) in [6, 6.07) is 7.01. The van der Waals surface area contributed by atoms with E-state index in [1.165, 1.54) is 0 Å². The largest absolute Gasteiger partial charge is 0.481 e. The highest BCUT2D eigenvalue weighted by Gasteiger charge is 2.12. The van der Waals surface area contributed by atoms with Gasteiger partial charge in [-0.3, -0.25) is 4.90 Å². The molecule has 0 aliphatic heterocycles. The maximum atomic E-state index is 5.12. The van der Waals surface area contributed by atoms with Gasteiger partial charge in [0.15, 0.2) is 0 Å². The minimum Gasteiger partial charge on any atom is -0.481 e. The minimum atomic E-state index is 0.580. The molecule has 1 heterocycles. The molecule has 0 atom stereocenters. The second kappa shape index (κ2) is 8.12. The Kier molecular flexibility index (Phi) is 6.81. The van der Waals surface area contributed by atoms with Crippen molar-refractivity contribution in [2.45, 2.75) is 46.3 Å². The molecule has 1 aromatic heterocycles. The Labute approximate surface area is 117 Å². The second-order valence-corrected chi connectivity index (χ2v) is 5.27. The molecule has 0 amide bonds. The molecule has 1 N–H and O–H groups in total. The van der Waals surface area contributed by atoms with Crippen LogP contribution in [-0.4, -0.2) is 42.2 Å². The lowest BCUT2D eigenvalue weighted by molar-refractivity contribution is 0.175. The van der Waals surface area contributed by atoms with E-state index in [9.17, 15) is 0 Å². The van der Waals surface area contributed by atoms with Crippen molar-refractivity contribution >= 4 is 0 Å². The van der Waals surface area contributed by atoms with Crippen LogP contribution in [0.15, 0.2) is 18.2 Å². The summed E-state index contributed by atoms with van der Waals surface area (Å²) in [5.41, 5.74) is 1.01. The zero-order valence-electron chi connectivity index (χ0n) is 12.8. The summed E-state index contributed by atoms with van der Waals surface area (Å²) in [4.78, 5) is 6.86. The highest BCUT2D eigenvalue weighted by atomic mass is 16.5. The van der Waals surface area contributed by atoms with Gasteiger partial charge in [-0.05, 0) is 33.8 Å². The summed E-state index contributed by atoms with van der Waals surface area (Å²) in [5, 5.41) is 3.43. The zero-order chi connectivity index (χ0) is 14.3. The average Bonchev–Trinajstić information content (AvgIpc) is 2.37. The van der Waals surface area contributed by atoms with E-state index in [1.807, 2.05) is 18.2 Å². The highest BCUT2D eigenvalue weighted by Crippen LogP contribution is 2.06. The van der Waals surface area contributed by atoms with Gasteiger partial charge in [-0.1, -0.05) is 6.07 Å². The van der Waals surface area contributed by atoms with Crippen LogP contribution >= 0.6 is 0 Å². The van der Waals surface area contributed by atoms with Crippen molar-refractivity contribution in [3.8, 4) is 5.88 Å². The van der Waals surface area contributed by atoms with Crippen LogP contribution in [0.4, 0.5) is 0 Å². The van der Waals surface area contributed by atoms with Gasteiger partial charge in [0.25, 0.3) is 0 Å². The molecule has 0 spiro atoms. The maximum absolute atomic E-state index is 5.12. The Morgan fingerprint density at radius 1 is 1.21 bits per heavy atom. The van der Waals surface area contributed by atoms with Gasteiger partial charge in [-0.15, -0.1) is 0 Å². The first-order chi connectivity index (χ1) is 9.04. The van der Waals surface area contributed by atoms with E-state index in [4.69, 9.17) is 4.74 Å². The Balaban J connectivity index is 2.33. The van der Waals surface area contributed by atoms with Gasteiger partial charge in [-0.25, -0.2) is 4.98 Å². The molecule has 0 aliphatic rings. The number of nitrogens with zero attached hydrogens (tertiary/aromatic N) is 2. The molecule has 0 bridgehead atoms. The summed E-state index contributed by atoms with van der Waals surface area (Å²) in [6.07, 6.45) is 0. The van der Waals surface area contributed by atoms with E-state index in [1.54, 1.807) is 7.11 Å². The molecule has 1 rings (SSSR count). The Bertz CT molecular complexity index is 358. The lowest BCUT2D eigenvalue weighted by atomic mass is 10.2. The topological polar surface area (TPSA) is 37.4 Å². The predicted molar refractivity (Wildman–Crippen MR) is 79.5 cm³/mol. The van der Waals surface area contributed by atoms with Gasteiger partial charge in [0.2, 0.25) is 5.88 Å². The molecule has 1 aromatic rings. The van der Waals surface area contributed by atoms with Crippen LogP contribution in [0.3, 0.4) is 0 Å². The number of hydrogen-bond donors (Lipinski definition) is 1. The smallest absolute Gasteiger partial charge is 0.213 e. The summed E-state index contributed by atoms with van der Waals surface area (Å²) >= 11 is 0. The van der Waals surface area contributed by atoms with Gasteiger partial charge >= 0.3 is 0 Å². The molecule has 0 aliphatic carbocycles. The van der Waals surface area contributed by atoms with Crippen LogP contribution < -0.4 is 10.1 Å². The summed E-state index contributed by atoms with van der Waals surface area (Å²) in [5.74, 6) is 0.672. The molecule has 4 heteroatoms. The van der Waals surface area contributed by atoms with Gasteiger partial charge in [-0.2, -0.15) is 0 Å². The molecule has 0 unspecified atom stereocenters. The molecular formula is C15H27N3O. The van der Waals surface area contributed by atoms with Crippen LogP contribution in [0.2, 0.25) is 0 Å². The number of methoxy groups -OCH3 is 1. The number of aromatic nitrogens is 1. The fourth-order valence-corrected chi connectivity index (χ4v) is 2.21. The fourth-order valence-electron chi connectivity index (χ4n) is 2.21. The molecule has 0 saturated heterocycles. The molecule has 0 fully saturated rings. The second-order valence-electron chi connectivity index (χ2n) is 5.27. The standard InChI is InChI=1S/C15H27N3O/c1-12(2)18(13(3)4)10-9-16-11-14-7-6-8-15(17-14)19-5/h6-8,12-13,16H,9-11H2,1-5H3. The van der Waals surface area contributed by atoms with E-state index in [-0.39, 0.29) is 0 Å². The predicted octanol–water partition coefficient (Wildman–Crippen LogP) is 2.30. The van der Waals surface area contributed by atoms with E-state index >= 15 is 0 Å². The average molecular weight is 265 g/mol. The molecule has 108 valence electrons. The lowest BCUT2D eigenvalue weighted by Crippen LogP contribution is -2.41. The van der Waals surface area contributed by atoms with E-state index in [0.717, 1.165) is 25.3 Å². The molecule has 0 saturated carbocycles. The number of ether oxygens (including phenoxy) is 1. The Morgan fingerprint density at radius 2 is 1.89 bits per heavy atom. The summed E-state index contributed by atoms with van der Waals surface area (Å²) in [6.45, 7) is 11.8. The molecule has 0 radical (unpaired) electrons. The van der Waals surface area contributed by atoms with Crippen LogP contribution in [0, 0.1) is 0 Å². The summed E-state index contributed by atoms with van der Waals surface area (Å²) in [7, 11) is 1.64. The fraction of sp³-hybridized carbons (Fsp3) is 0.667. The molecular weight excluding hydrogens is 238 g/mol. The number of hydrogen-bond acceptors (Lipinski definition) is 4. The van der Waals surface area contributed by atoms with Gasteiger partial charge in [0.05, 0.1) is 12.8 Å². The third-order valence-corrected chi connectivity index (χ3v) is 3.17. The monoisotopic (exact) mass is 265 g/mol. The minimum absolute atomic E-state index is 0.580. The third-order valence-electron chi connectivity index (χ3n) is 3.17. The van der Waals surface area contributed by atoms with Crippen LogP contribution in [0.5, 0.6) is 5.88 Å². The van der Waals surface area contributed by atoms with Crippen molar-refractivity contribution in [2.75, 3.05) is 20.2 Å². The van der Waals surface area contributed by atoms with Crippen molar-refractivity contribution in [3.05, 3.63) is 23.9 Å². The number of pyridine rings is 1. The van der Waals surface area contributed by atoms with Gasteiger partial charge in [0.1, 0.15) is 0 Å². The van der Waals surface area contributed by atoms with E-state index < -0.39 is 0 Å². The van der Waals surface area contributed by atoms with E-state index in [0.29, 0.717) is 18.0 Å². The molecule has 0 aromatic carbocycles. The van der Waals surface area contributed by atoms with Gasteiger partial charge < -0.3 is 10.1 Å². The number of rotatable bonds is 8. The Morgan fingerprint density at radius 3 is 2.47 bits per heavy atom. The lowest BCUT2D eigenvalue weighted by Gasteiger charge is -2.30. The van der Waals surface area contributed by atoms with Crippen LogP contribution in [-0.2, 0) is 6.54 Å². The highest BCUT2D eigenvalue weighted by molar-refractivity contribution is 5.15. The number of nitrogens with one attached hydrogen (secondary N) is 1. The first-order valence-electron chi connectivity index (χ1n) is 7.01. The van der Waals surface area contributed by atoms with Crippen molar-refractivity contribution < 1.29 is 4.74 Å². The quantitative estimate of drug-likeness (QED) is 0.732. The van der Waals surface area contributed by atoms with Crippen molar-refractivity contribution in [1.29, 1.82) is 0 Å². The van der Waals surface area contributed by atoms with Crippen molar-refractivity contribution in [1.82, 2.24) is 15.2 Å². The molecule has 19 heavy (non-hydrogen) atoms. The summed E-state index contributed by atoms with van der Waals surface area (Å²) < 4.78 is 5.12. The van der Waals surface area contributed by atoms with Crippen LogP contribution in [0.1, 0.15) is 33.4 Å². The SMILES string of the molecule is COc1cccc(CNCCN(C(C)C)C(C)C)n1. The van der Waals surface area contributed by atoms with Gasteiger partial charge in [0, 0.05) is 37.8 Å². The first kappa shape index (κ1) is 15.9. The first-order valence-corrected chi connectivity index (χ1v) is 7.01. The van der Waals surface area contributed by atoms with E-state index in [2.05, 4.69) is 42.9 Å². The molecule has 4 nitrogen and oxygen atoms in total. The van der Waals surface area contributed by atoms with Crippen molar-refractivity contribution in [3.63, 3.8) is 0 Å². The maximum Gasteiger partial charge on any atom is 0.213 e. The normalized spacial score (nSPS) is 11.6. The zero-order valence-corrected chi connectivity index (χ0v) is 12.8. The third kappa shape index (κ3) is 5.57. The van der Waals surface area contributed by atoms with Crippen molar-refractivity contribution in [2.24, 2.45) is 0 Å².